The standard InChI is InChI=1S/C21H28N2O5/c1-2-27-21(26)28-18-10-8-17(9-11-18)20(25)23-14-12-22(13-15-23)19(24)16-6-4-3-5-7-16/h8-11,16H,2-7,12-15H2,1H3. The average molecular weight is 388 g/mol. The van der Waals surface area contributed by atoms with E-state index in [4.69, 9.17) is 9.47 Å². The summed E-state index contributed by atoms with van der Waals surface area (Å²) in [4.78, 5) is 40.4. The molecule has 0 spiro atoms. The first-order valence-electron chi connectivity index (χ1n) is 10.1. The number of nitrogens with zero attached hydrogens (tertiary/aromatic N) is 2. The fraction of sp³-hybridized carbons (Fsp3) is 0.571. The number of hydrogen-bond acceptors (Lipinski definition) is 5. The largest absolute Gasteiger partial charge is 0.513 e. The van der Waals surface area contributed by atoms with Gasteiger partial charge in [-0.15, -0.1) is 0 Å². The fourth-order valence-corrected chi connectivity index (χ4v) is 3.83. The van der Waals surface area contributed by atoms with Crippen LogP contribution in [0.5, 0.6) is 5.75 Å². The third-order valence-electron chi connectivity index (χ3n) is 5.40. The van der Waals surface area contributed by atoms with Crippen LogP contribution in [-0.4, -0.2) is 60.6 Å². The molecule has 2 aliphatic rings. The SMILES string of the molecule is CCOC(=O)Oc1ccc(C(=O)N2CCN(C(=O)C3CCCCC3)CC2)cc1. The molecular formula is C21H28N2O5. The molecule has 28 heavy (non-hydrogen) atoms. The van der Waals surface area contributed by atoms with Crippen molar-refractivity contribution in [1.82, 2.24) is 9.80 Å². The van der Waals surface area contributed by atoms with E-state index in [0.29, 0.717) is 37.5 Å². The van der Waals surface area contributed by atoms with Gasteiger partial charge in [0.05, 0.1) is 6.61 Å². The Bertz CT molecular complexity index is 689. The first-order valence-corrected chi connectivity index (χ1v) is 10.1. The molecule has 2 fully saturated rings. The third-order valence-corrected chi connectivity index (χ3v) is 5.40. The predicted octanol–water partition coefficient (Wildman–Crippen LogP) is 3.09. The molecule has 0 atom stereocenters. The Kier molecular flexibility index (Phi) is 6.90. The summed E-state index contributed by atoms with van der Waals surface area (Å²) >= 11 is 0. The molecule has 2 amide bonds. The van der Waals surface area contributed by atoms with Gasteiger partial charge in [-0.25, -0.2) is 4.79 Å². The molecule has 7 nitrogen and oxygen atoms in total. The highest BCUT2D eigenvalue weighted by Crippen LogP contribution is 2.26. The molecule has 0 bridgehead atoms. The number of rotatable bonds is 4. The summed E-state index contributed by atoms with van der Waals surface area (Å²) in [5.41, 5.74) is 0.531. The van der Waals surface area contributed by atoms with Crippen LogP contribution >= 0.6 is 0 Å². The van der Waals surface area contributed by atoms with Crippen LogP contribution in [0.1, 0.15) is 49.4 Å². The molecule has 1 aromatic rings. The second kappa shape index (κ2) is 9.57. The summed E-state index contributed by atoms with van der Waals surface area (Å²) < 4.78 is 9.73. The van der Waals surface area contributed by atoms with Crippen molar-refractivity contribution in [2.45, 2.75) is 39.0 Å². The van der Waals surface area contributed by atoms with Gasteiger partial charge in [0.1, 0.15) is 5.75 Å². The van der Waals surface area contributed by atoms with E-state index in [1.807, 2.05) is 4.90 Å². The molecule has 0 aromatic heterocycles. The van der Waals surface area contributed by atoms with Crippen molar-refractivity contribution >= 4 is 18.0 Å². The summed E-state index contributed by atoms with van der Waals surface area (Å²) in [5.74, 6) is 0.681. The summed E-state index contributed by atoms with van der Waals surface area (Å²) in [6.45, 7) is 4.20. The molecule has 0 radical (unpaired) electrons. The van der Waals surface area contributed by atoms with Crippen molar-refractivity contribution in [3.8, 4) is 5.75 Å². The molecule has 1 aliphatic heterocycles. The van der Waals surface area contributed by atoms with Crippen LogP contribution in [0.15, 0.2) is 24.3 Å². The van der Waals surface area contributed by atoms with Crippen molar-refractivity contribution in [2.75, 3.05) is 32.8 Å². The smallest absolute Gasteiger partial charge is 0.434 e. The van der Waals surface area contributed by atoms with Crippen molar-refractivity contribution in [1.29, 1.82) is 0 Å². The number of hydrogen-bond donors (Lipinski definition) is 0. The molecule has 3 rings (SSSR count). The Morgan fingerprint density at radius 2 is 1.54 bits per heavy atom. The van der Waals surface area contributed by atoms with Gasteiger partial charge in [0.2, 0.25) is 5.91 Å². The highest BCUT2D eigenvalue weighted by molar-refractivity contribution is 5.94. The van der Waals surface area contributed by atoms with Gasteiger partial charge >= 0.3 is 6.16 Å². The molecule has 1 saturated carbocycles. The van der Waals surface area contributed by atoms with Crippen LogP contribution < -0.4 is 4.74 Å². The van der Waals surface area contributed by atoms with Gasteiger partial charge in [0.25, 0.3) is 5.91 Å². The topological polar surface area (TPSA) is 76.2 Å². The zero-order valence-corrected chi connectivity index (χ0v) is 16.4. The van der Waals surface area contributed by atoms with Crippen molar-refractivity contribution in [2.24, 2.45) is 5.92 Å². The van der Waals surface area contributed by atoms with E-state index in [1.165, 1.54) is 6.42 Å². The van der Waals surface area contributed by atoms with E-state index in [0.717, 1.165) is 25.7 Å². The number of amides is 2. The highest BCUT2D eigenvalue weighted by Gasteiger charge is 2.29. The predicted molar refractivity (Wildman–Crippen MR) is 103 cm³/mol. The van der Waals surface area contributed by atoms with Crippen LogP contribution in [-0.2, 0) is 9.53 Å². The van der Waals surface area contributed by atoms with Gasteiger partial charge in [-0.05, 0) is 44.0 Å². The second-order valence-electron chi connectivity index (χ2n) is 7.26. The molecule has 1 aliphatic carbocycles. The Hall–Kier alpha value is -2.57. The molecule has 1 saturated heterocycles. The molecule has 1 heterocycles. The Morgan fingerprint density at radius 3 is 2.14 bits per heavy atom. The van der Waals surface area contributed by atoms with Gasteiger partial charge < -0.3 is 19.3 Å². The van der Waals surface area contributed by atoms with Crippen molar-refractivity contribution < 1.29 is 23.9 Å². The monoisotopic (exact) mass is 388 g/mol. The first-order chi connectivity index (χ1) is 13.6. The van der Waals surface area contributed by atoms with Gasteiger partial charge in [-0.2, -0.15) is 0 Å². The summed E-state index contributed by atoms with van der Waals surface area (Å²) in [6.07, 6.45) is 4.75. The lowest BCUT2D eigenvalue weighted by atomic mass is 9.88. The summed E-state index contributed by atoms with van der Waals surface area (Å²) in [5, 5.41) is 0. The van der Waals surface area contributed by atoms with E-state index in [-0.39, 0.29) is 24.3 Å². The lowest BCUT2D eigenvalue weighted by Crippen LogP contribution is -2.52. The minimum Gasteiger partial charge on any atom is -0.434 e. The Balaban J connectivity index is 1.50. The molecule has 7 heteroatoms. The van der Waals surface area contributed by atoms with Crippen molar-refractivity contribution in [3.63, 3.8) is 0 Å². The Morgan fingerprint density at radius 1 is 0.929 bits per heavy atom. The minimum atomic E-state index is -0.764. The first kappa shape index (κ1) is 20.2. The normalized spacial score (nSPS) is 17.9. The lowest BCUT2D eigenvalue weighted by Gasteiger charge is -2.37. The average Bonchev–Trinajstić information content (AvgIpc) is 2.74. The molecule has 0 N–H and O–H groups in total. The van der Waals surface area contributed by atoms with Gasteiger partial charge in [0.15, 0.2) is 0 Å². The quantitative estimate of drug-likeness (QED) is 0.585. The number of ether oxygens (including phenoxy) is 2. The van der Waals surface area contributed by atoms with Crippen LogP contribution in [0.2, 0.25) is 0 Å². The molecule has 1 aromatic carbocycles. The highest BCUT2D eigenvalue weighted by atomic mass is 16.7. The van der Waals surface area contributed by atoms with E-state index in [2.05, 4.69) is 0 Å². The third kappa shape index (κ3) is 5.03. The maximum Gasteiger partial charge on any atom is 0.513 e. The van der Waals surface area contributed by atoms with E-state index in [9.17, 15) is 14.4 Å². The molecule has 152 valence electrons. The number of piperazine rings is 1. The molecular weight excluding hydrogens is 360 g/mol. The maximum atomic E-state index is 12.7. The Labute approximate surface area is 165 Å². The van der Waals surface area contributed by atoms with E-state index >= 15 is 0 Å². The number of carbonyl (C=O) groups excluding carboxylic acids is 3. The van der Waals surface area contributed by atoms with Crippen LogP contribution in [0.4, 0.5) is 4.79 Å². The second-order valence-corrected chi connectivity index (χ2v) is 7.26. The lowest BCUT2D eigenvalue weighted by molar-refractivity contribution is -0.138. The summed E-state index contributed by atoms with van der Waals surface area (Å²) in [7, 11) is 0. The number of benzene rings is 1. The van der Waals surface area contributed by atoms with Gasteiger partial charge in [0, 0.05) is 37.7 Å². The maximum absolute atomic E-state index is 12.7. The number of carbonyl (C=O) groups is 3. The summed E-state index contributed by atoms with van der Waals surface area (Å²) in [6, 6.07) is 6.42. The van der Waals surface area contributed by atoms with Crippen LogP contribution in [0, 0.1) is 5.92 Å². The van der Waals surface area contributed by atoms with Gasteiger partial charge in [-0.3, -0.25) is 9.59 Å². The van der Waals surface area contributed by atoms with Gasteiger partial charge in [-0.1, -0.05) is 19.3 Å². The van der Waals surface area contributed by atoms with Crippen molar-refractivity contribution in [3.05, 3.63) is 29.8 Å². The zero-order chi connectivity index (χ0) is 19.9. The van der Waals surface area contributed by atoms with E-state index < -0.39 is 6.16 Å². The molecule has 0 unspecified atom stereocenters. The fourth-order valence-electron chi connectivity index (χ4n) is 3.83. The van der Waals surface area contributed by atoms with E-state index in [1.54, 1.807) is 36.1 Å². The zero-order valence-electron chi connectivity index (χ0n) is 16.4. The minimum absolute atomic E-state index is 0.0764. The van der Waals surface area contributed by atoms with Crippen LogP contribution in [0.3, 0.4) is 0 Å². The van der Waals surface area contributed by atoms with Crippen LogP contribution in [0.25, 0.3) is 0 Å².